The summed E-state index contributed by atoms with van der Waals surface area (Å²) in [5.74, 6) is -0.174. The Morgan fingerprint density at radius 1 is 1.35 bits per heavy atom. The minimum absolute atomic E-state index is 0.0748. The molecule has 1 heterocycles. The second-order valence-electron chi connectivity index (χ2n) is 7.04. The largest absolute Gasteiger partial charge is 0.291 e. The molecule has 0 radical (unpaired) electrons. The maximum Gasteiger partial charge on any atom is 0.246 e. The maximum atomic E-state index is 13.4. The maximum absolute atomic E-state index is 13.4. The molecule has 0 aliphatic heterocycles. The molecule has 0 bridgehead atoms. The van der Waals surface area contributed by atoms with Gasteiger partial charge in [0.15, 0.2) is 5.13 Å². The Hall–Kier alpha value is -1.79. The monoisotopic (exact) mass is 375 g/mol. The molecule has 1 aromatic carbocycles. The third-order valence-electron chi connectivity index (χ3n) is 5.14. The van der Waals surface area contributed by atoms with Crippen molar-refractivity contribution in [2.75, 3.05) is 11.9 Å². The van der Waals surface area contributed by atoms with Crippen molar-refractivity contribution in [3.05, 3.63) is 47.2 Å². The lowest BCUT2D eigenvalue weighted by atomic mass is 9.94. The molecule has 26 heavy (non-hydrogen) atoms. The number of halogens is 1. The van der Waals surface area contributed by atoms with Gasteiger partial charge in [-0.15, -0.1) is 11.3 Å². The molecule has 1 aliphatic rings. The number of carbonyl (C=O) groups excluding carboxylic acids is 1. The Kier molecular flexibility index (Phi) is 6.38. The number of amides is 1. The highest BCUT2D eigenvalue weighted by Gasteiger charge is 2.32. The second-order valence-corrected chi connectivity index (χ2v) is 7.91. The minimum Gasteiger partial charge on any atom is -0.291 e. The fourth-order valence-electron chi connectivity index (χ4n) is 3.55. The molecule has 1 aliphatic carbocycles. The van der Waals surface area contributed by atoms with Gasteiger partial charge >= 0.3 is 0 Å². The number of nitrogens with zero attached hydrogens (tertiary/aromatic N) is 3. The van der Waals surface area contributed by atoms with Crippen molar-refractivity contribution in [2.45, 2.75) is 57.7 Å². The van der Waals surface area contributed by atoms with Gasteiger partial charge in [0.05, 0.1) is 6.04 Å². The molecule has 140 valence electrons. The quantitative estimate of drug-likeness (QED) is 0.747. The molecule has 0 saturated heterocycles. The molecule has 1 fully saturated rings. The minimum atomic E-state index is -0.302. The zero-order chi connectivity index (χ0) is 18.5. The summed E-state index contributed by atoms with van der Waals surface area (Å²) < 4.78 is 13.4. The van der Waals surface area contributed by atoms with E-state index in [1.165, 1.54) is 29.9 Å². The van der Waals surface area contributed by atoms with Gasteiger partial charge in [0.1, 0.15) is 5.82 Å². The Morgan fingerprint density at radius 2 is 2.12 bits per heavy atom. The van der Waals surface area contributed by atoms with Crippen LogP contribution in [0.3, 0.4) is 0 Å². The number of thiazole rings is 1. The molecular formula is C20H26FN3OS. The van der Waals surface area contributed by atoms with Gasteiger partial charge < -0.3 is 0 Å². The number of hydrogen-bond acceptors (Lipinski definition) is 4. The SMILES string of the molecule is CC(C(=O)N(c1nccs1)C1CCCCC1)N(C)Cc1cccc(F)c1. The summed E-state index contributed by atoms with van der Waals surface area (Å²) in [5.41, 5.74) is 0.866. The fraction of sp³-hybridized carbons (Fsp3) is 0.500. The summed E-state index contributed by atoms with van der Waals surface area (Å²) in [4.78, 5) is 21.6. The Morgan fingerprint density at radius 3 is 2.77 bits per heavy atom. The molecular weight excluding hydrogens is 349 g/mol. The van der Waals surface area contributed by atoms with Crippen LogP contribution in [-0.2, 0) is 11.3 Å². The Labute approximate surface area is 158 Å². The van der Waals surface area contributed by atoms with Crippen LogP contribution in [0.2, 0.25) is 0 Å². The summed E-state index contributed by atoms with van der Waals surface area (Å²) in [7, 11) is 1.91. The van der Waals surface area contributed by atoms with Crippen LogP contribution in [-0.4, -0.2) is 34.9 Å². The number of aromatic nitrogens is 1. The highest BCUT2D eigenvalue weighted by molar-refractivity contribution is 7.13. The highest BCUT2D eigenvalue weighted by atomic mass is 32.1. The van der Waals surface area contributed by atoms with Crippen molar-refractivity contribution in [3.8, 4) is 0 Å². The number of likely N-dealkylation sites (N-methyl/N-ethyl adjacent to an activating group) is 1. The number of anilines is 1. The molecule has 1 amide bonds. The van der Waals surface area contributed by atoms with Crippen LogP contribution in [0.15, 0.2) is 35.8 Å². The normalized spacial score (nSPS) is 16.6. The first kappa shape index (κ1) is 19.0. The van der Waals surface area contributed by atoms with Gasteiger partial charge in [-0.05, 0) is 44.5 Å². The number of carbonyl (C=O) groups is 1. The standard InChI is InChI=1S/C20H26FN3OS/c1-15(23(2)14-16-7-6-8-17(21)13-16)19(25)24(20-22-11-12-26-20)18-9-4-3-5-10-18/h6-8,11-13,15,18H,3-5,9-10,14H2,1-2H3. The fourth-order valence-corrected chi connectivity index (χ4v) is 4.27. The van der Waals surface area contributed by atoms with E-state index in [4.69, 9.17) is 0 Å². The summed E-state index contributed by atoms with van der Waals surface area (Å²) in [6.07, 6.45) is 7.38. The summed E-state index contributed by atoms with van der Waals surface area (Å²) in [6.45, 7) is 2.45. The van der Waals surface area contributed by atoms with Crippen molar-refractivity contribution in [1.82, 2.24) is 9.88 Å². The highest BCUT2D eigenvalue weighted by Crippen LogP contribution is 2.30. The first-order valence-corrected chi connectivity index (χ1v) is 10.1. The Balaban J connectivity index is 1.74. The van der Waals surface area contributed by atoms with Crippen LogP contribution >= 0.6 is 11.3 Å². The average Bonchev–Trinajstić information content (AvgIpc) is 3.16. The van der Waals surface area contributed by atoms with Crippen LogP contribution in [0.25, 0.3) is 0 Å². The lowest BCUT2D eigenvalue weighted by Gasteiger charge is -2.36. The van der Waals surface area contributed by atoms with E-state index in [2.05, 4.69) is 4.98 Å². The zero-order valence-electron chi connectivity index (χ0n) is 15.4. The van der Waals surface area contributed by atoms with Gasteiger partial charge in [-0.25, -0.2) is 9.37 Å². The van der Waals surface area contributed by atoms with Gasteiger partial charge in [-0.2, -0.15) is 0 Å². The molecule has 6 heteroatoms. The van der Waals surface area contributed by atoms with Crippen LogP contribution < -0.4 is 4.90 Å². The molecule has 0 spiro atoms. The van der Waals surface area contributed by atoms with Gasteiger partial charge in [-0.1, -0.05) is 31.4 Å². The summed E-state index contributed by atoms with van der Waals surface area (Å²) >= 11 is 1.51. The van der Waals surface area contributed by atoms with E-state index in [9.17, 15) is 9.18 Å². The molecule has 1 unspecified atom stereocenters. The van der Waals surface area contributed by atoms with Crippen LogP contribution in [0.4, 0.5) is 9.52 Å². The number of rotatable bonds is 6. The lowest BCUT2D eigenvalue weighted by Crippen LogP contribution is -2.50. The van der Waals surface area contributed by atoms with E-state index >= 15 is 0 Å². The van der Waals surface area contributed by atoms with Crippen molar-refractivity contribution < 1.29 is 9.18 Å². The zero-order valence-corrected chi connectivity index (χ0v) is 16.2. The summed E-state index contributed by atoms with van der Waals surface area (Å²) in [6, 6.07) is 6.47. The second kappa shape index (κ2) is 8.73. The number of hydrogen-bond donors (Lipinski definition) is 0. The van der Waals surface area contributed by atoms with E-state index in [0.717, 1.165) is 36.4 Å². The first-order valence-electron chi connectivity index (χ1n) is 9.23. The molecule has 1 atom stereocenters. The topological polar surface area (TPSA) is 36.4 Å². The van der Waals surface area contributed by atoms with Gasteiger partial charge in [0, 0.05) is 24.2 Å². The Bertz CT molecular complexity index is 716. The van der Waals surface area contributed by atoms with Crippen molar-refractivity contribution >= 4 is 22.4 Å². The molecule has 1 saturated carbocycles. The van der Waals surface area contributed by atoms with Crippen LogP contribution in [0.1, 0.15) is 44.6 Å². The van der Waals surface area contributed by atoms with Crippen molar-refractivity contribution in [2.24, 2.45) is 0 Å². The number of benzene rings is 1. The van der Waals surface area contributed by atoms with Crippen LogP contribution in [0, 0.1) is 5.82 Å². The molecule has 0 N–H and O–H groups in total. The molecule has 4 nitrogen and oxygen atoms in total. The lowest BCUT2D eigenvalue weighted by molar-refractivity contribution is -0.123. The van der Waals surface area contributed by atoms with Crippen molar-refractivity contribution in [3.63, 3.8) is 0 Å². The predicted molar refractivity (Wildman–Crippen MR) is 104 cm³/mol. The van der Waals surface area contributed by atoms with Gasteiger partial charge in [-0.3, -0.25) is 14.6 Å². The first-order chi connectivity index (χ1) is 12.6. The summed E-state index contributed by atoms with van der Waals surface area (Å²) in [5, 5.41) is 2.70. The molecule has 3 rings (SSSR count). The molecule has 2 aromatic rings. The predicted octanol–water partition coefficient (Wildman–Crippen LogP) is 4.47. The van der Waals surface area contributed by atoms with Crippen molar-refractivity contribution in [1.29, 1.82) is 0 Å². The molecule has 1 aromatic heterocycles. The van der Waals surface area contributed by atoms with Gasteiger partial charge in [0.25, 0.3) is 0 Å². The van der Waals surface area contributed by atoms with Gasteiger partial charge in [0.2, 0.25) is 5.91 Å². The van der Waals surface area contributed by atoms with E-state index in [1.807, 2.05) is 35.2 Å². The van der Waals surface area contributed by atoms with E-state index in [0.29, 0.717) is 6.54 Å². The smallest absolute Gasteiger partial charge is 0.246 e. The van der Waals surface area contributed by atoms with E-state index < -0.39 is 0 Å². The third-order valence-corrected chi connectivity index (χ3v) is 5.91. The van der Waals surface area contributed by atoms with E-state index in [1.54, 1.807) is 12.3 Å². The average molecular weight is 376 g/mol. The van der Waals surface area contributed by atoms with Crippen LogP contribution in [0.5, 0.6) is 0 Å². The van der Waals surface area contributed by atoms with E-state index in [-0.39, 0.29) is 23.8 Å². The third kappa shape index (κ3) is 4.48.